The fourth-order valence-corrected chi connectivity index (χ4v) is 3.65. The molecule has 0 atom stereocenters. The van der Waals surface area contributed by atoms with Crippen LogP contribution in [0.1, 0.15) is 28.0 Å². The molecule has 3 heterocycles. The lowest BCUT2D eigenvalue weighted by Gasteiger charge is -2.08. The molecule has 0 saturated carbocycles. The van der Waals surface area contributed by atoms with Crippen molar-refractivity contribution >= 4 is 29.1 Å². The molecule has 5 rings (SSSR count). The number of halogens is 3. The molecule has 0 unspecified atom stereocenters. The summed E-state index contributed by atoms with van der Waals surface area (Å²) in [5.41, 5.74) is 1.43. The molecule has 0 aliphatic heterocycles. The first-order valence-electron chi connectivity index (χ1n) is 10.2. The molecule has 0 saturated heterocycles. The van der Waals surface area contributed by atoms with Crippen molar-refractivity contribution in [3.05, 3.63) is 95.0 Å². The van der Waals surface area contributed by atoms with Crippen LogP contribution in [-0.4, -0.2) is 35.3 Å². The highest BCUT2D eigenvalue weighted by molar-refractivity contribution is 6.31. The predicted molar refractivity (Wildman–Crippen MR) is 122 cm³/mol. The first-order valence-corrected chi connectivity index (χ1v) is 10.5. The van der Waals surface area contributed by atoms with E-state index in [1.807, 2.05) is 24.3 Å². The Labute approximate surface area is 196 Å². The lowest BCUT2D eigenvalue weighted by atomic mass is 10.1. The Hall–Kier alpha value is -4.18. The molecule has 170 valence electrons. The molecule has 0 fully saturated rings. The van der Waals surface area contributed by atoms with Crippen molar-refractivity contribution in [2.45, 2.75) is 13.0 Å². The molecule has 8 nitrogen and oxygen atoms in total. The number of aromatic nitrogens is 6. The van der Waals surface area contributed by atoms with E-state index in [-0.39, 0.29) is 22.9 Å². The Morgan fingerprint density at radius 2 is 1.85 bits per heavy atom. The van der Waals surface area contributed by atoms with Gasteiger partial charge >= 0.3 is 0 Å². The van der Waals surface area contributed by atoms with Crippen LogP contribution in [0.15, 0.2) is 73.2 Å². The van der Waals surface area contributed by atoms with Gasteiger partial charge in [-0.15, -0.1) is 5.10 Å². The highest BCUT2D eigenvalue weighted by Crippen LogP contribution is 2.27. The van der Waals surface area contributed by atoms with E-state index in [0.717, 1.165) is 10.1 Å². The highest BCUT2D eigenvalue weighted by atomic mass is 35.5. The lowest BCUT2D eigenvalue weighted by Crippen LogP contribution is -2.14. The van der Waals surface area contributed by atoms with Crippen molar-refractivity contribution in [3.63, 3.8) is 0 Å². The summed E-state index contributed by atoms with van der Waals surface area (Å²) in [6, 6.07) is 17.4. The second kappa shape index (κ2) is 8.99. The zero-order valence-electron chi connectivity index (χ0n) is 17.4. The number of alkyl halides is 2. The van der Waals surface area contributed by atoms with Gasteiger partial charge in [0.1, 0.15) is 17.6 Å². The Kier molecular flexibility index (Phi) is 5.72. The maximum Gasteiger partial charge on any atom is 0.280 e. The highest BCUT2D eigenvalue weighted by Gasteiger charge is 2.22. The van der Waals surface area contributed by atoms with Gasteiger partial charge in [-0.3, -0.25) is 10.1 Å². The van der Waals surface area contributed by atoms with Crippen molar-refractivity contribution in [1.82, 2.24) is 29.4 Å². The molecule has 0 bridgehead atoms. The van der Waals surface area contributed by atoms with Crippen molar-refractivity contribution in [2.75, 3.05) is 5.32 Å². The van der Waals surface area contributed by atoms with E-state index in [1.165, 1.54) is 23.3 Å². The number of fused-ring (bicyclic) bond motifs is 1. The molecule has 0 radical (unpaired) electrons. The minimum absolute atomic E-state index is 0.00431. The van der Waals surface area contributed by atoms with Crippen molar-refractivity contribution in [1.29, 1.82) is 0 Å². The third-order valence-corrected chi connectivity index (χ3v) is 5.46. The SMILES string of the molecule is O=C(Nc1ncn(Cc2ccccc2Cl)n1)c1cnn2c(C(F)F)cc(-c3ccccc3)nc12. The van der Waals surface area contributed by atoms with Crippen LogP contribution in [0.25, 0.3) is 16.9 Å². The monoisotopic (exact) mass is 479 g/mol. The third kappa shape index (κ3) is 4.23. The molecule has 3 aromatic heterocycles. The normalized spacial score (nSPS) is 11.3. The summed E-state index contributed by atoms with van der Waals surface area (Å²) in [4.78, 5) is 21.5. The first kappa shape index (κ1) is 21.7. The fraction of sp³-hybridized carbons (Fsp3) is 0.0870. The standard InChI is InChI=1S/C23H16ClF2N7O/c24-17-9-5-4-8-15(17)12-32-13-27-23(31-32)30-22(34)16-11-28-33-19(20(25)26)10-18(29-21(16)33)14-6-2-1-3-7-14/h1-11,13,20H,12H2,(H,30,31,34). The first-order chi connectivity index (χ1) is 16.5. The molecule has 1 amide bonds. The summed E-state index contributed by atoms with van der Waals surface area (Å²) < 4.78 is 30.0. The van der Waals surface area contributed by atoms with E-state index in [4.69, 9.17) is 11.6 Å². The van der Waals surface area contributed by atoms with Gasteiger partial charge in [0, 0.05) is 10.6 Å². The van der Waals surface area contributed by atoms with Gasteiger partial charge in [0.05, 0.1) is 18.4 Å². The Morgan fingerprint density at radius 3 is 2.62 bits per heavy atom. The molecule has 0 spiro atoms. The van der Waals surface area contributed by atoms with Gasteiger partial charge in [0.2, 0.25) is 5.95 Å². The largest absolute Gasteiger partial charge is 0.289 e. The van der Waals surface area contributed by atoms with Crippen LogP contribution in [-0.2, 0) is 6.54 Å². The molecule has 1 N–H and O–H groups in total. The van der Waals surface area contributed by atoms with Crippen molar-refractivity contribution in [3.8, 4) is 11.3 Å². The Morgan fingerprint density at radius 1 is 1.09 bits per heavy atom. The topological polar surface area (TPSA) is 90.0 Å². The summed E-state index contributed by atoms with van der Waals surface area (Å²) in [6.45, 7) is 0.360. The molecule has 0 aliphatic carbocycles. The summed E-state index contributed by atoms with van der Waals surface area (Å²) in [6.07, 6.45) is -0.166. The van der Waals surface area contributed by atoms with Gasteiger partial charge in [-0.25, -0.2) is 27.9 Å². The average Bonchev–Trinajstić information content (AvgIpc) is 3.47. The maximum atomic E-state index is 13.7. The number of anilines is 1. The molecular weight excluding hydrogens is 464 g/mol. The van der Waals surface area contributed by atoms with Crippen LogP contribution in [0.3, 0.4) is 0 Å². The van der Waals surface area contributed by atoms with Gasteiger partial charge in [-0.1, -0.05) is 60.1 Å². The van der Waals surface area contributed by atoms with Gasteiger partial charge in [-0.2, -0.15) is 5.10 Å². The summed E-state index contributed by atoms with van der Waals surface area (Å²) in [5.74, 6) is -0.576. The minimum atomic E-state index is -2.81. The molecular formula is C23H16ClF2N7O. The van der Waals surface area contributed by atoms with E-state index < -0.39 is 12.3 Å². The Balaban J connectivity index is 1.44. The zero-order valence-corrected chi connectivity index (χ0v) is 18.2. The number of benzene rings is 2. The van der Waals surface area contributed by atoms with Crippen LogP contribution in [0.2, 0.25) is 5.02 Å². The molecule has 0 aliphatic rings. The van der Waals surface area contributed by atoms with Gasteiger partial charge in [0.15, 0.2) is 5.65 Å². The van der Waals surface area contributed by atoms with Crippen molar-refractivity contribution in [2.24, 2.45) is 0 Å². The molecule has 34 heavy (non-hydrogen) atoms. The average molecular weight is 480 g/mol. The molecule has 5 aromatic rings. The van der Waals surface area contributed by atoms with Gasteiger partial charge < -0.3 is 0 Å². The van der Waals surface area contributed by atoms with Gasteiger partial charge in [0.25, 0.3) is 12.3 Å². The summed E-state index contributed by atoms with van der Waals surface area (Å²) in [5, 5.41) is 11.4. The molecule has 2 aromatic carbocycles. The minimum Gasteiger partial charge on any atom is -0.289 e. The number of carbonyl (C=O) groups is 1. The van der Waals surface area contributed by atoms with Crippen LogP contribution < -0.4 is 5.32 Å². The van der Waals surface area contributed by atoms with E-state index in [0.29, 0.717) is 22.8 Å². The fourth-order valence-electron chi connectivity index (χ4n) is 3.46. The number of amides is 1. The third-order valence-electron chi connectivity index (χ3n) is 5.09. The number of rotatable bonds is 6. The number of nitrogens with one attached hydrogen (secondary N) is 1. The summed E-state index contributed by atoms with van der Waals surface area (Å²) >= 11 is 6.18. The molecule has 11 heteroatoms. The predicted octanol–water partition coefficient (Wildman–Crippen LogP) is 4.88. The number of hydrogen-bond acceptors (Lipinski definition) is 5. The van der Waals surface area contributed by atoms with E-state index in [9.17, 15) is 13.6 Å². The van der Waals surface area contributed by atoms with Crippen molar-refractivity contribution < 1.29 is 13.6 Å². The number of hydrogen-bond donors (Lipinski definition) is 1. The Bertz CT molecular complexity index is 1480. The van der Waals surface area contributed by atoms with Crippen LogP contribution in [0.4, 0.5) is 14.7 Å². The quantitative estimate of drug-likeness (QED) is 0.375. The second-order valence-electron chi connectivity index (χ2n) is 7.34. The second-order valence-corrected chi connectivity index (χ2v) is 7.75. The van der Waals surface area contributed by atoms with Crippen LogP contribution in [0.5, 0.6) is 0 Å². The van der Waals surface area contributed by atoms with E-state index >= 15 is 0 Å². The number of carbonyl (C=O) groups excluding carboxylic acids is 1. The smallest absolute Gasteiger partial charge is 0.280 e. The van der Waals surface area contributed by atoms with Crippen LogP contribution >= 0.6 is 11.6 Å². The van der Waals surface area contributed by atoms with E-state index in [2.05, 4.69) is 25.5 Å². The zero-order chi connectivity index (χ0) is 23.7. The maximum absolute atomic E-state index is 13.7. The van der Waals surface area contributed by atoms with Gasteiger partial charge in [-0.05, 0) is 17.7 Å². The summed E-state index contributed by atoms with van der Waals surface area (Å²) in [7, 11) is 0. The lowest BCUT2D eigenvalue weighted by molar-refractivity contribution is 0.102. The van der Waals surface area contributed by atoms with E-state index in [1.54, 1.807) is 30.3 Å². The number of nitrogens with zero attached hydrogens (tertiary/aromatic N) is 6. The van der Waals surface area contributed by atoms with Crippen LogP contribution in [0, 0.1) is 0 Å².